The molecule has 2 rings (SSSR count). The number of nitrogens with zero attached hydrogens (tertiary/aromatic N) is 2. The molecule has 1 unspecified atom stereocenters. The Bertz CT molecular complexity index is 391. The molecule has 1 heterocycles. The van der Waals surface area contributed by atoms with Gasteiger partial charge < -0.3 is 9.88 Å². The topological polar surface area (TPSA) is 29.9 Å². The first kappa shape index (κ1) is 15.6. The standard InChI is InChI=1S/C17H31N3/c1-4-12-18-15(17(2)10-6-5-7-11-17)8-9-16-19-13-14-20(16)3/h13-15,18H,4-12H2,1-3H3. The molecule has 1 aliphatic carbocycles. The van der Waals surface area contributed by atoms with Gasteiger partial charge in [-0.05, 0) is 37.6 Å². The first-order valence-electron chi connectivity index (χ1n) is 8.35. The molecule has 0 saturated heterocycles. The van der Waals surface area contributed by atoms with Gasteiger partial charge in [-0.2, -0.15) is 0 Å². The van der Waals surface area contributed by atoms with Crippen LogP contribution < -0.4 is 5.32 Å². The Morgan fingerprint density at radius 1 is 1.35 bits per heavy atom. The minimum absolute atomic E-state index is 0.485. The van der Waals surface area contributed by atoms with Crippen molar-refractivity contribution in [2.24, 2.45) is 12.5 Å². The van der Waals surface area contributed by atoms with Crippen molar-refractivity contribution in [3.8, 4) is 0 Å². The fraction of sp³-hybridized carbons (Fsp3) is 0.824. The Hall–Kier alpha value is -0.830. The monoisotopic (exact) mass is 277 g/mol. The quantitative estimate of drug-likeness (QED) is 0.823. The number of hydrogen-bond acceptors (Lipinski definition) is 2. The first-order chi connectivity index (χ1) is 9.65. The predicted octanol–water partition coefficient (Wildman–Crippen LogP) is 3.69. The van der Waals surface area contributed by atoms with Crippen molar-refractivity contribution in [3.05, 3.63) is 18.2 Å². The summed E-state index contributed by atoms with van der Waals surface area (Å²) in [6.07, 6.45) is 14.5. The molecule has 0 spiro atoms. The second-order valence-corrected chi connectivity index (χ2v) is 6.71. The van der Waals surface area contributed by atoms with Crippen LogP contribution in [0.2, 0.25) is 0 Å². The summed E-state index contributed by atoms with van der Waals surface area (Å²) in [6.45, 7) is 5.89. The molecule has 0 bridgehead atoms. The van der Waals surface area contributed by atoms with Crippen LogP contribution in [0.15, 0.2) is 12.4 Å². The first-order valence-corrected chi connectivity index (χ1v) is 8.35. The number of aromatic nitrogens is 2. The maximum Gasteiger partial charge on any atom is 0.108 e. The van der Waals surface area contributed by atoms with Gasteiger partial charge in [0.1, 0.15) is 5.82 Å². The third kappa shape index (κ3) is 3.85. The van der Waals surface area contributed by atoms with Crippen LogP contribution in [0.4, 0.5) is 0 Å². The molecule has 1 aromatic heterocycles. The van der Waals surface area contributed by atoms with Crippen molar-refractivity contribution in [2.75, 3.05) is 6.54 Å². The predicted molar refractivity (Wildman–Crippen MR) is 84.8 cm³/mol. The van der Waals surface area contributed by atoms with E-state index >= 15 is 0 Å². The zero-order valence-corrected chi connectivity index (χ0v) is 13.5. The molecule has 0 aromatic carbocycles. The molecule has 20 heavy (non-hydrogen) atoms. The van der Waals surface area contributed by atoms with Gasteiger partial charge in [0, 0.05) is 31.9 Å². The lowest BCUT2D eigenvalue weighted by Crippen LogP contribution is -2.45. The van der Waals surface area contributed by atoms with Gasteiger partial charge in [-0.3, -0.25) is 0 Å². The molecule has 1 saturated carbocycles. The van der Waals surface area contributed by atoms with E-state index < -0.39 is 0 Å². The van der Waals surface area contributed by atoms with Crippen molar-refractivity contribution >= 4 is 0 Å². The van der Waals surface area contributed by atoms with Gasteiger partial charge in [-0.1, -0.05) is 33.1 Å². The molecular weight excluding hydrogens is 246 g/mol. The van der Waals surface area contributed by atoms with Crippen molar-refractivity contribution < 1.29 is 0 Å². The van der Waals surface area contributed by atoms with E-state index in [4.69, 9.17) is 0 Å². The van der Waals surface area contributed by atoms with Crippen molar-refractivity contribution in [3.63, 3.8) is 0 Å². The SMILES string of the molecule is CCCNC(CCc1nccn1C)C1(C)CCCCC1. The molecule has 0 aliphatic heterocycles. The smallest absolute Gasteiger partial charge is 0.108 e. The summed E-state index contributed by atoms with van der Waals surface area (Å²) < 4.78 is 2.15. The fourth-order valence-electron chi connectivity index (χ4n) is 3.63. The lowest BCUT2D eigenvalue weighted by Gasteiger charge is -2.41. The molecule has 3 heteroatoms. The van der Waals surface area contributed by atoms with Crippen molar-refractivity contribution in [1.82, 2.24) is 14.9 Å². The summed E-state index contributed by atoms with van der Waals surface area (Å²) in [7, 11) is 2.10. The summed E-state index contributed by atoms with van der Waals surface area (Å²) >= 11 is 0. The highest BCUT2D eigenvalue weighted by atomic mass is 15.0. The van der Waals surface area contributed by atoms with Crippen LogP contribution >= 0.6 is 0 Å². The van der Waals surface area contributed by atoms with Crippen LogP contribution in [0.25, 0.3) is 0 Å². The second-order valence-electron chi connectivity index (χ2n) is 6.71. The van der Waals surface area contributed by atoms with Gasteiger partial charge in [-0.25, -0.2) is 4.98 Å². The third-order valence-electron chi connectivity index (χ3n) is 5.06. The Morgan fingerprint density at radius 3 is 2.70 bits per heavy atom. The van der Waals surface area contributed by atoms with Gasteiger partial charge in [-0.15, -0.1) is 0 Å². The average Bonchev–Trinajstić information content (AvgIpc) is 2.85. The molecule has 0 amide bonds. The number of hydrogen-bond donors (Lipinski definition) is 1. The second kappa shape index (κ2) is 7.26. The molecule has 1 aliphatic rings. The summed E-state index contributed by atoms with van der Waals surface area (Å²) in [6, 6.07) is 0.638. The van der Waals surface area contributed by atoms with Crippen LogP contribution in [0.5, 0.6) is 0 Å². The van der Waals surface area contributed by atoms with E-state index in [1.165, 1.54) is 50.8 Å². The van der Waals surface area contributed by atoms with Gasteiger partial charge in [0.15, 0.2) is 0 Å². The molecule has 1 atom stereocenters. The summed E-state index contributed by atoms with van der Waals surface area (Å²) in [5.41, 5.74) is 0.485. The van der Waals surface area contributed by atoms with Crippen LogP contribution in [-0.4, -0.2) is 22.1 Å². The maximum absolute atomic E-state index is 4.47. The molecule has 1 aromatic rings. The molecule has 3 nitrogen and oxygen atoms in total. The van der Waals surface area contributed by atoms with Crippen molar-refractivity contribution in [1.29, 1.82) is 0 Å². The highest BCUT2D eigenvalue weighted by molar-refractivity contribution is 4.96. The highest BCUT2D eigenvalue weighted by Crippen LogP contribution is 2.40. The van der Waals surface area contributed by atoms with Crippen LogP contribution in [0, 0.1) is 5.41 Å². The molecule has 1 fully saturated rings. The van der Waals surface area contributed by atoms with E-state index in [0.717, 1.165) is 13.0 Å². The van der Waals surface area contributed by atoms with E-state index in [9.17, 15) is 0 Å². The molecule has 0 radical (unpaired) electrons. The zero-order chi connectivity index (χ0) is 14.4. The van der Waals surface area contributed by atoms with E-state index in [2.05, 4.69) is 35.8 Å². The fourth-order valence-corrected chi connectivity index (χ4v) is 3.63. The Labute approximate surface area is 124 Å². The molecule has 1 N–H and O–H groups in total. The van der Waals surface area contributed by atoms with Gasteiger partial charge in [0.25, 0.3) is 0 Å². The lowest BCUT2D eigenvalue weighted by molar-refractivity contribution is 0.137. The van der Waals surface area contributed by atoms with Gasteiger partial charge >= 0.3 is 0 Å². The normalized spacial score (nSPS) is 19.9. The van der Waals surface area contributed by atoms with E-state index in [1.54, 1.807) is 0 Å². The number of imidazole rings is 1. The Kier molecular flexibility index (Phi) is 5.64. The van der Waals surface area contributed by atoms with Crippen LogP contribution in [-0.2, 0) is 13.5 Å². The summed E-state index contributed by atoms with van der Waals surface area (Å²) in [5.74, 6) is 1.22. The molecular formula is C17H31N3. The molecule has 114 valence electrons. The van der Waals surface area contributed by atoms with E-state index in [1.807, 2.05) is 12.4 Å². The van der Waals surface area contributed by atoms with Crippen LogP contribution in [0.3, 0.4) is 0 Å². The summed E-state index contributed by atoms with van der Waals surface area (Å²) in [4.78, 5) is 4.47. The largest absolute Gasteiger partial charge is 0.338 e. The number of rotatable bonds is 7. The Morgan fingerprint density at radius 2 is 2.10 bits per heavy atom. The van der Waals surface area contributed by atoms with Crippen molar-refractivity contribution in [2.45, 2.75) is 71.3 Å². The highest BCUT2D eigenvalue weighted by Gasteiger charge is 2.34. The third-order valence-corrected chi connectivity index (χ3v) is 5.06. The Balaban J connectivity index is 1.97. The minimum atomic E-state index is 0.485. The minimum Gasteiger partial charge on any atom is -0.338 e. The zero-order valence-electron chi connectivity index (χ0n) is 13.5. The number of nitrogens with one attached hydrogen (secondary N) is 1. The number of aryl methyl sites for hydroxylation is 2. The average molecular weight is 277 g/mol. The van der Waals surface area contributed by atoms with Gasteiger partial charge in [0.2, 0.25) is 0 Å². The van der Waals surface area contributed by atoms with E-state index in [-0.39, 0.29) is 0 Å². The summed E-state index contributed by atoms with van der Waals surface area (Å²) in [5, 5.41) is 3.82. The van der Waals surface area contributed by atoms with Crippen LogP contribution in [0.1, 0.15) is 64.6 Å². The van der Waals surface area contributed by atoms with Gasteiger partial charge in [0.05, 0.1) is 0 Å². The van der Waals surface area contributed by atoms with E-state index in [0.29, 0.717) is 11.5 Å². The lowest BCUT2D eigenvalue weighted by atomic mass is 9.69. The maximum atomic E-state index is 4.47.